The van der Waals surface area contributed by atoms with Gasteiger partial charge in [0, 0.05) is 23.8 Å². The lowest BCUT2D eigenvalue weighted by Gasteiger charge is -2.43. The molecule has 3 heteroatoms. The van der Waals surface area contributed by atoms with Gasteiger partial charge in [-0.3, -0.25) is 0 Å². The summed E-state index contributed by atoms with van der Waals surface area (Å²) in [6.07, 6.45) is 2.38. The highest BCUT2D eigenvalue weighted by atomic mass is 16.5. The standard InChI is InChI=1S/C21H25NO2/c1-13(2)14-8-9-19-18(12-14)21-17(7-4-10-24-21)20(22-19)15-5-3-6-16(23)11-15/h3,5-6,8-9,11-13,17,20-23H,4,7,10H2,1-2H3/t17?,20-,21?/m0/s1. The first-order chi connectivity index (χ1) is 11.6. The summed E-state index contributed by atoms with van der Waals surface area (Å²) >= 11 is 0. The number of aromatic hydroxyl groups is 1. The first kappa shape index (κ1) is 15.5. The lowest BCUT2D eigenvalue weighted by Crippen LogP contribution is -2.36. The molecule has 2 unspecified atom stereocenters. The van der Waals surface area contributed by atoms with E-state index in [0.717, 1.165) is 30.7 Å². The van der Waals surface area contributed by atoms with Crippen LogP contribution in [-0.4, -0.2) is 11.7 Å². The van der Waals surface area contributed by atoms with Crippen molar-refractivity contribution in [3.05, 3.63) is 59.2 Å². The largest absolute Gasteiger partial charge is 0.508 e. The Bertz CT molecular complexity index is 740. The summed E-state index contributed by atoms with van der Waals surface area (Å²) in [6, 6.07) is 14.5. The number of ether oxygens (including phenoxy) is 1. The normalized spacial score (nSPS) is 25.7. The number of fused-ring (bicyclic) bond motifs is 3. The summed E-state index contributed by atoms with van der Waals surface area (Å²) in [4.78, 5) is 0. The number of anilines is 1. The lowest BCUT2D eigenvalue weighted by molar-refractivity contribution is -0.0382. The molecule has 2 aromatic rings. The first-order valence-electron chi connectivity index (χ1n) is 8.94. The fourth-order valence-electron chi connectivity index (χ4n) is 4.10. The lowest BCUT2D eigenvalue weighted by atomic mass is 9.77. The van der Waals surface area contributed by atoms with Gasteiger partial charge in [0.25, 0.3) is 0 Å². The molecule has 24 heavy (non-hydrogen) atoms. The Morgan fingerprint density at radius 1 is 1.17 bits per heavy atom. The Balaban J connectivity index is 1.77. The Morgan fingerprint density at radius 2 is 2.04 bits per heavy atom. The van der Waals surface area contributed by atoms with Crippen molar-refractivity contribution in [2.45, 2.75) is 44.8 Å². The average Bonchev–Trinajstić information content (AvgIpc) is 2.60. The first-order valence-corrected chi connectivity index (χ1v) is 8.94. The van der Waals surface area contributed by atoms with Crippen molar-refractivity contribution in [3.63, 3.8) is 0 Å². The molecule has 0 spiro atoms. The van der Waals surface area contributed by atoms with Crippen LogP contribution in [0.25, 0.3) is 0 Å². The maximum Gasteiger partial charge on any atom is 0.115 e. The van der Waals surface area contributed by atoms with Crippen LogP contribution in [0.5, 0.6) is 5.75 Å². The van der Waals surface area contributed by atoms with Gasteiger partial charge in [-0.25, -0.2) is 0 Å². The summed E-state index contributed by atoms with van der Waals surface area (Å²) in [7, 11) is 0. The zero-order valence-corrected chi connectivity index (χ0v) is 14.3. The molecule has 1 saturated heterocycles. The topological polar surface area (TPSA) is 41.5 Å². The zero-order chi connectivity index (χ0) is 16.7. The third kappa shape index (κ3) is 2.67. The van der Waals surface area contributed by atoms with Gasteiger partial charge in [0.05, 0.1) is 12.1 Å². The van der Waals surface area contributed by atoms with Crippen LogP contribution in [0.1, 0.15) is 61.4 Å². The molecule has 0 saturated carbocycles. The summed E-state index contributed by atoms with van der Waals surface area (Å²) in [6.45, 7) is 5.29. The zero-order valence-electron chi connectivity index (χ0n) is 14.3. The SMILES string of the molecule is CC(C)c1ccc2c(c1)C1OCCCC1[C@H](c1cccc(O)c1)N2. The summed E-state index contributed by atoms with van der Waals surface area (Å²) in [5.74, 6) is 1.24. The maximum absolute atomic E-state index is 9.87. The molecule has 126 valence electrons. The van der Waals surface area contributed by atoms with Crippen molar-refractivity contribution < 1.29 is 9.84 Å². The van der Waals surface area contributed by atoms with Gasteiger partial charge in [0.15, 0.2) is 0 Å². The van der Waals surface area contributed by atoms with Gasteiger partial charge in [-0.2, -0.15) is 0 Å². The van der Waals surface area contributed by atoms with Crippen molar-refractivity contribution in [2.24, 2.45) is 5.92 Å². The van der Waals surface area contributed by atoms with Gasteiger partial charge in [-0.05, 0) is 48.1 Å². The molecule has 1 fully saturated rings. The van der Waals surface area contributed by atoms with Crippen LogP contribution in [0.3, 0.4) is 0 Å². The second-order valence-electron chi connectivity index (χ2n) is 7.32. The van der Waals surface area contributed by atoms with Crippen LogP contribution < -0.4 is 5.32 Å². The number of phenolic OH excluding ortho intramolecular Hbond substituents is 1. The maximum atomic E-state index is 9.87. The Hall–Kier alpha value is -2.00. The van der Waals surface area contributed by atoms with Crippen LogP contribution in [0.15, 0.2) is 42.5 Å². The third-order valence-corrected chi connectivity index (χ3v) is 5.39. The second kappa shape index (κ2) is 6.14. The molecule has 0 amide bonds. The van der Waals surface area contributed by atoms with Crippen molar-refractivity contribution in [1.29, 1.82) is 0 Å². The highest BCUT2D eigenvalue weighted by Gasteiger charge is 2.39. The van der Waals surface area contributed by atoms with Crippen LogP contribution >= 0.6 is 0 Å². The molecule has 0 bridgehead atoms. The molecular formula is C21H25NO2. The third-order valence-electron chi connectivity index (χ3n) is 5.39. The molecule has 2 aliphatic rings. The molecular weight excluding hydrogens is 298 g/mol. The monoisotopic (exact) mass is 323 g/mol. The highest BCUT2D eigenvalue weighted by molar-refractivity contribution is 5.59. The Morgan fingerprint density at radius 3 is 2.83 bits per heavy atom. The van der Waals surface area contributed by atoms with Crippen molar-refractivity contribution in [1.82, 2.24) is 0 Å². The molecule has 3 nitrogen and oxygen atoms in total. The quantitative estimate of drug-likeness (QED) is 0.803. The second-order valence-corrected chi connectivity index (χ2v) is 7.32. The van der Waals surface area contributed by atoms with Gasteiger partial charge in [0.2, 0.25) is 0 Å². The van der Waals surface area contributed by atoms with E-state index in [1.54, 1.807) is 6.07 Å². The number of phenols is 1. The molecule has 4 rings (SSSR count). The van der Waals surface area contributed by atoms with Gasteiger partial charge >= 0.3 is 0 Å². The minimum atomic E-state index is 0.140. The van der Waals surface area contributed by atoms with Gasteiger partial charge in [-0.1, -0.05) is 38.1 Å². The smallest absolute Gasteiger partial charge is 0.115 e. The molecule has 0 radical (unpaired) electrons. The van der Waals surface area contributed by atoms with E-state index in [4.69, 9.17) is 4.74 Å². The van der Waals surface area contributed by atoms with E-state index in [2.05, 4.69) is 43.4 Å². The number of hydrogen-bond acceptors (Lipinski definition) is 3. The predicted octanol–water partition coefficient (Wildman–Crippen LogP) is 5.15. The van der Waals surface area contributed by atoms with Crippen LogP contribution in [-0.2, 0) is 4.74 Å². The minimum absolute atomic E-state index is 0.140. The number of benzene rings is 2. The highest BCUT2D eigenvalue weighted by Crippen LogP contribution is 2.49. The number of hydrogen-bond donors (Lipinski definition) is 2. The molecule has 2 heterocycles. The Labute approximate surface area is 143 Å². The summed E-state index contributed by atoms with van der Waals surface area (Å²) in [5.41, 5.74) is 4.95. The van der Waals surface area contributed by atoms with Gasteiger partial charge in [-0.15, -0.1) is 0 Å². The van der Waals surface area contributed by atoms with E-state index in [9.17, 15) is 5.11 Å². The Kier molecular flexibility index (Phi) is 3.97. The molecule has 2 N–H and O–H groups in total. The minimum Gasteiger partial charge on any atom is -0.508 e. The van der Waals surface area contributed by atoms with Crippen molar-refractivity contribution in [3.8, 4) is 5.75 Å². The van der Waals surface area contributed by atoms with E-state index in [0.29, 0.717) is 17.6 Å². The van der Waals surface area contributed by atoms with Crippen LogP contribution in [0, 0.1) is 5.92 Å². The van der Waals surface area contributed by atoms with E-state index >= 15 is 0 Å². The molecule has 0 aromatic heterocycles. The molecule has 2 aromatic carbocycles. The molecule has 3 atom stereocenters. The predicted molar refractivity (Wildman–Crippen MR) is 96.4 cm³/mol. The van der Waals surface area contributed by atoms with Crippen molar-refractivity contribution >= 4 is 5.69 Å². The fraction of sp³-hybridized carbons (Fsp3) is 0.429. The van der Waals surface area contributed by atoms with Crippen LogP contribution in [0.4, 0.5) is 5.69 Å². The average molecular weight is 323 g/mol. The van der Waals surface area contributed by atoms with E-state index in [1.807, 2.05) is 12.1 Å². The number of nitrogens with one attached hydrogen (secondary N) is 1. The fourth-order valence-corrected chi connectivity index (χ4v) is 4.10. The van der Waals surface area contributed by atoms with Gasteiger partial charge in [0.1, 0.15) is 5.75 Å². The summed E-state index contributed by atoms with van der Waals surface area (Å²) < 4.78 is 6.22. The number of rotatable bonds is 2. The molecule has 0 aliphatic carbocycles. The van der Waals surface area contributed by atoms with Crippen LogP contribution in [0.2, 0.25) is 0 Å². The van der Waals surface area contributed by atoms with Crippen molar-refractivity contribution in [2.75, 3.05) is 11.9 Å². The molecule has 2 aliphatic heterocycles. The van der Waals surface area contributed by atoms with E-state index in [-0.39, 0.29) is 12.1 Å². The van der Waals surface area contributed by atoms with E-state index in [1.165, 1.54) is 11.1 Å². The van der Waals surface area contributed by atoms with E-state index < -0.39 is 0 Å². The van der Waals surface area contributed by atoms with Gasteiger partial charge < -0.3 is 15.2 Å². The summed E-state index contributed by atoms with van der Waals surface area (Å²) in [5, 5.41) is 13.6.